The first-order valence-corrected chi connectivity index (χ1v) is 10.5. The molecule has 0 N–H and O–H groups in total. The predicted molar refractivity (Wildman–Crippen MR) is 101 cm³/mol. The minimum absolute atomic E-state index is 0.00476. The van der Waals surface area contributed by atoms with E-state index in [-0.39, 0.29) is 29.2 Å². The molecule has 1 saturated carbocycles. The average molecular weight is 364 g/mol. The second-order valence-corrected chi connectivity index (χ2v) is 10.1. The molecule has 3 unspecified atom stereocenters. The maximum atomic E-state index is 13.0. The molecule has 1 fully saturated rings. The topological polar surface area (TPSA) is 54.5 Å². The van der Waals surface area contributed by atoms with E-state index in [0.717, 1.165) is 5.56 Å². The van der Waals surface area contributed by atoms with Crippen molar-refractivity contribution in [1.29, 1.82) is 0 Å². The van der Waals surface area contributed by atoms with Crippen LogP contribution < -0.4 is 0 Å². The standard InChI is InChI=1S/C20H29NO3S/c1-13(2)12-17-18(20(17,4)5)19(22)21(6)14(3)15-8-10-16(11-9-15)25(7,23)24/h8-12,14,17-18H,1-7H3. The van der Waals surface area contributed by atoms with Crippen LogP contribution >= 0.6 is 0 Å². The van der Waals surface area contributed by atoms with Gasteiger partial charge in [0.05, 0.1) is 16.9 Å². The Labute approximate surface area is 151 Å². The number of rotatable bonds is 5. The number of carbonyl (C=O) groups excluding carboxylic acids is 1. The van der Waals surface area contributed by atoms with Crippen LogP contribution in [0.3, 0.4) is 0 Å². The molecule has 0 radical (unpaired) electrons. The van der Waals surface area contributed by atoms with Crippen LogP contribution in [0.1, 0.15) is 46.2 Å². The molecule has 4 nitrogen and oxygen atoms in total. The summed E-state index contributed by atoms with van der Waals surface area (Å²) in [6, 6.07) is 6.68. The molecule has 3 atom stereocenters. The summed E-state index contributed by atoms with van der Waals surface area (Å²) in [6.45, 7) is 10.4. The van der Waals surface area contributed by atoms with E-state index < -0.39 is 9.84 Å². The summed E-state index contributed by atoms with van der Waals surface area (Å²) in [4.78, 5) is 15.0. The first-order chi connectivity index (χ1) is 11.4. The molecule has 1 amide bonds. The predicted octanol–water partition coefficient (Wildman–Crippen LogP) is 3.85. The Balaban J connectivity index is 2.16. The van der Waals surface area contributed by atoms with Crippen LogP contribution in [0.2, 0.25) is 0 Å². The molecule has 25 heavy (non-hydrogen) atoms. The van der Waals surface area contributed by atoms with Crippen molar-refractivity contribution in [2.24, 2.45) is 17.3 Å². The van der Waals surface area contributed by atoms with Crippen molar-refractivity contribution < 1.29 is 13.2 Å². The van der Waals surface area contributed by atoms with Gasteiger partial charge in [0, 0.05) is 13.3 Å². The van der Waals surface area contributed by atoms with Gasteiger partial charge in [-0.15, -0.1) is 0 Å². The lowest BCUT2D eigenvalue weighted by molar-refractivity contribution is -0.134. The Hall–Kier alpha value is -1.62. The van der Waals surface area contributed by atoms with Gasteiger partial charge in [0.25, 0.3) is 0 Å². The molecule has 0 saturated heterocycles. The van der Waals surface area contributed by atoms with Gasteiger partial charge in [0.15, 0.2) is 9.84 Å². The summed E-state index contributed by atoms with van der Waals surface area (Å²) in [6.07, 6.45) is 3.39. The van der Waals surface area contributed by atoms with E-state index in [1.807, 2.05) is 14.0 Å². The summed E-state index contributed by atoms with van der Waals surface area (Å²) in [5.41, 5.74) is 2.16. The van der Waals surface area contributed by atoms with Crippen LogP contribution in [0.15, 0.2) is 40.8 Å². The molecule has 1 aromatic rings. The molecule has 1 aliphatic rings. The number of hydrogen-bond acceptors (Lipinski definition) is 3. The Morgan fingerprint density at radius 3 is 2.16 bits per heavy atom. The van der Waals surface area contributed by atoms with Crippen LogP contribution in [0, 0.1) is 17.3 Å². The fourth-order valence-corrected chi connectivity index (χ4v) is 4.08. The lowest BCUT2D eigenvalue weighted by Crippen LogP contribution is -2.32. The van der Waals surface area contributed by atoms with Crippen LogP contribution in [0.4, 0.5) is 0 Å². The van der Waals surface area contributed by atoms with Crippen LogP contribution in [0.5, 0.6) is 0 Å². The maximum absolute atomic E-state index is 13.0. The fraction of sp³-hybridized carbons (Fsp3) is 0.550. The van der Waals surface area contributed by atoms with Gasteiger partial charge in [0.1, 0.15) is 0 Å². The van der Waals surface area contributed by atoms with Crippen LogP contribution in [0.25, 0.3) is 0 Å². The zero-order valence-corrected chi connectivity index (χ0v) is 17.0. The first kappa shape index (κ1) is 19.7. The van der Waals surface area contributed by atoms with Gasteiger partial charge in [-0.2, -0.15) is 0 Å². The van der Waals surface area contributed by atoms with Crippen molar-refractivity contribution in [3.63, 3.8) is 0 Å². The third-order valence-corrected chi connectivity index (χ3v) is 6.54. The minimum Gasteiger partial charge on any atom is -0.339 e. The van der Waals surface area contributed by atoms with E-state index in [9.17, 15) is 13.2 Å². The Kier molecular flexibility index (Phi) is 5.20. The molecule has 0 bridgehead atoms. The highest BCUT2D eigenvalue weighted by atomic mass is 32.2. The summed E-state index contributed by atoms with van der Waals surface area (Å²) in [5.74, 6) is 0.435. The zero-order valence-electron chi connectivity index (χ0n) is 16.2. The number of benzene rings is 1. The lowest BCUT2D eigenvalue weighted by atomic mass is 10.1. The van der Waals surface area contributed by atoms with Crippen molar-refractivity contribution in [2.45, 2.75) is 45.6 Å². The highest BCUT2D eigenvalue weighted by Crippen LogP contribution is 2.60. The largest absolute Gasteiger partial charge is 0.339 e. The Morgan fingerprint density at radius 1 is 1.20 bits per heavy atom. The van der Waals surface area contributed by atoms with Crippen molar-refractivity contribution in [1.82, 2.24) is 4.90 Å². The Bertz CT molecular complexity index is 787. The highest BCUT2D eigenvalue weighted by Gasteiger charge is 2.61. The normalized spacial score (nSPS) is 22.8. The molecule has 0 spiro atoms. The Morgan fingerprint density at radius 2 is 1.72 bits per heavy atom. The summed E-state index contributed by atoms with van der Waals surface area (Å²) >= 11 is 0. The number of hydrogen-bond donors (Lipinski definition) is 0. The third-order valence-electron chi connectivity index (χ3n) is 5.41. The van der Waals surface area contributed by atoms with E-state index in [1.165, 1.54) is 11.8 Å². The van der Waals surface area contributed by atoms with Gasteiger partial charge < -0.3 is 4.90 Å². The van der Waals surface area contributed by atoms with Gasteiger partial charge in [-0.3, -0.25) is 4.79 Å². The van der Waals surface area contributed by atoms with Crippen molar-refractivity contribution in [3.8, 4) is 0 Å². The number of nitrogens with zero attached hydrogens (tertiary/aromatic N) is 1. The van der Waals surface area contributed by atoms with Gasteiger partial charge in [-0.25, -0.2) is 8.42 Å². The number of carbonyl (C=O) groups is 1. The monoisotopic (exact) mass is 363 g/mol. The average Bonchev–Trinajstić information content (AvgIpc) is 3.04. The second kappa shape index (κ2) is 6.60. The summed E-state index contributed by atoms with van der Waals surface area (Å²) in [5, 5.41) is 0. The molecule has 0 aliphatic heterocycles. The molecule has 2 rings (SSSR count). The third kappa shape index (κ3) is 3.97. The van der Waals surface area contributed by atoms with Crippen LogP contribution in [-0.4, -0.2) is 32.5 Å². The van der Waals surface area contributed by atoms with Crippen molar-refractivity contribution in [3.05, 3.63) is 41.5 Å². The lowest BCUT2D eigenvalue weighted by Gasteiger charge is -2.26. The summed E-state index contributed by atoms with van der Waals surface area (Å²) in [7, 11) is -1.38. The molecule has 5 heteroatoms. The van der Waals surface area contributed by atoms with E-state index in [2.05, 4.69) is 33.8 Å². The molecule has 138 valence electrons. The van der Waals surface area contributed by atoms with E-state index in [4.69, 9.17) is 0 Å². The van der Waals surface area contributed by atoms with Crippen molar-refractivity contribution in [2.75, 3.05) is 13.3 Å². The quantitative estimate of drug-likeness (QED) is 0.747. The summed E-state index contributed by atoms with van der Waals surface area (Å²) < 4.78 is 23.2. The number of amides is 1. The van der Waals surface area contributed by atoms with Gasteiger partial charge in [0.2, 0.25) is 5.91 Å². The smallest absolute Gasteiger partial charge is 0.227 e. The van der Waals surface area contributed by atoms with Gasteiger partial charge in [-0.05, 0) is 49.8 Å². The van der Waals surface area contributed by atoms with E-state index >= 15 is 0 Å². The van der Waals surface area contributed by atoms with Crippen LogP contribution in [-0.2, 0) is 14.6 Å². The zero-order chi connectivity index (χ0) is 19.2. The van der Waals surface area contributed by atoms with Gasteiger partial charge >= 0.3 is 0 Å². The van der Waals surface area contributed by atoms with Crippen molar-refractivity contribution >= 4 is 15.7 Å². The highest BCUT2D eigenvalue weighted by molar-refractivity contribution is 7.90. The molecular formula is C20H29NO3S. The molecule has 0 aromatic heterocycles. The fourth-order valence-electron chi connectivity index (χ4n) is 3.45. The molecule has 0 heterocycles. The number of allylic oxidation sites excluding steroid dienone is 2. The second-order valence-electron chi connectivity index (χ2n) is 8.04. The first-order valence-electron chi connectivity index (χ1n) is 8.59. The maximum Gasteiger partial charge on any atom is 0.227 e. The molecular weight excluding hydrogens is 334 g/mol. The SMILES string of the molecule is CC(C)=CC1C(C(=O)N(C)C(C)c2ccc(S(C)(=O)=O)cc2)C1(C)C. The minimum atomic E-state index is -3.21. The van der Waals surface area contributed by atoms with E-state index in [0.29, 0.717) is 4.90 Å². The molecule has 1 aromatic carbocycles. The van der Waals surface area contributed by atoms with Gasteiger partial charge in [-0.1, -0.05) is 37.6 Å². The molecule has 1 aliphatic carbocycles. The number of sulfone groups is 1. The van der Waals surface area contributed by atoms with E-state index in [1.54, 1.807) is 29.2 Å².